The molecule has 0 aliphatic heterocycles. The molecule has 0 fully saturated rings. The number of hydrogen-bond acceptors (Lipinski definition) is 3. The fourth-order valence-corrected chi connectivity index (χ4v) is 6.37. The van der Waals surface area contributed by atoms with E-state index in [1.807, 2.05) is 0 Å². The van der Waals surface area contributed by atoms with Gasteiger partial charge in [0, 0.05) is 16.3 Å². The molecule has 0 atom stereocenters. The first-order valence-electron chi connectivity index (χ1n) is 5.72. The highest BCUT2D eigenvalue weighted by Gasteiger charge is 2.28. The first-order valence-corrected chi connectivity index (χ1v) is 8.53. The molecule has 0 aromatic rings. The van der Waals surface area contributed by atoms with Gasteiger partial charge in [-0.15, -0.1) is 23.5 Å². The van der Waals surface area contributed by atoms with Gasteiger partial charge >= 0.3 is 0 Å². The minimum atomic E-state index is 0.372. The second-order valence-corrected chi connectivity index (χ2v) is 10.8. The molecule has 0 amide bonds. The van der Waals surface area contributed by atoms with Crippen LogP contribution in [0.2, 0.25) is 0 Å². The Morgan fingerprint density at radius 2 is 1.20 bits per heavy atom. The summed E-state index contributed by atoms with van der Waals surface area (Å²) in [6.07, 6.45) is 0. The summed E-state index contributed by atoms with van der Waals surface area (Å²) in [5, 5.41) is 2.17. The highest BCUT2D eigenvalue weighted by molar-refractivity contribution is 8.19. The van der Waals surface area contributed by atoms with Gasteiger partial charge in [0.05, 0.1) is 4.08 Å². The highest BCUT2D eigenvalue weighted by atomic mass is 32.2. The average molecular weight is 267 g/mol. The van der Waals surface area contributed by atoms with Gasteiger partial charge in [-0.25, -0.2) is 0 Å². The molecule has 0 saturated heterocycles. The third kappa shape index (κ3) is 8.82. The normalized spacial score (nSPS) is 13.2. The van der Waals surface area contributed by atoms with Gasteiger partial charge in [-0.05, 0) is 12.2 Å². The Morgan fingerprint density at radius 1 is 0.800 bits per heavy atom. The lowest BCUT2D eigenvalue weighted by Gasteiger charge is -2.32. The molecule has 0 aromatic carbocycles. The van der Waals surface area contributed by atoms with Crippen molar-refractivity contribution >= 4 is 35.3 Å². The van der Waals surface area contributed by atoms with E-state index in [0.717, 1.165) is 5.25 Å². The van der Waals surface area contributed by atoms with E-state index in [1.54, 1.807) is 0 Å². The van der Waals surface area contributed by atoms with Gasteiger partial charge in [0.2, 0.25) is 0 Å². The third-order valence-electron chi connectivity index (χ3n) is 1.65. The predicted octanol–water partition coefficient (Wildman–Crippen LogP) is 5.13. The molecular weight excluding hydrogens is 240 g/mol. The third-order valence-corrected chi connectivity index (χ3v) is 6.23. The summed E-state index contributed by atoms with van der Waals surface area (Å²) in [7, 11) is 0. The van der Waals surface area contributed by atoms with Crippen molar-refractivity contribution in [1.82, 2.24) is 0 Å². The maximum absolute atomic E-state index is 2.40. The molecule has 0 aromatic heterocycles. The second-order valence-electron chi connectivity index (χ2n) is 4.83. The van der Waals surface area contributed by atoms with Gasteiger partial charge < -0.3 is 0 Å². The molecule has 0 radical (unpaired) electrons. The van der Waals surface area contributed by atoms with Crippen molar-refractivity contribution in [2.75, 3.05) is 5.75 Å². The Labute approximate surface area is 109 Å². The summed E-state index contributed by atoms with van der Waals surface area (Å²) in [6.45, 7) is 16.1. The summed E-state index contributed by atoms with van der Waals surface area (Å²) in [5.41, 5.74) is 0. The van der Waals surface area contributed by atoms with Crippen molar-refractivity contribution in [2.24, 2.45) is 0 Å². The van der Waals surface area contributed by atoms with Crippen LogP contribution in [-0.2, 0) is 0 Å². The zero-order valence-electron chi connectivity index (χ0n) is 11.2. The lowest BCUT2D eigenvalue weighted by atomic mass is 10.5. The second kappa shape index (κ2) is 7.39. The minimum absolute atomic E-state index is 0.372. The highest BCUT2D eigenvalue weighted by Crippen LogP contribution is 2.44. The van der Waals surface area contributed by atoms with E-state index >= 15 is 0 Å². The summed E-state index contributed by atoms with van der Waals surface area (Å²) in [6, 6.07) is 0. The van der Waals surface area contributed by atoms with E-state index in [2.05, 4.69) is 83.8 Å². The van der Waals surface area contributed by atoms with Crippen LogP contribution in [0.5, 0.6) is 0 Å². The molecule has 15 heavy (non-hydrogen) atoms. The van der Waals surface area contributed by atoms with Gasteiger partial charge in [0.1, 0.15) is 0 Å². The number of rotatable bonds is 7. The molecule has 92 valence electrons. The fraction of sp³-hybridized carbons (Fsp3) is 1.00. The Hall–Kier alpha value is 1.05. The van der Waals surface area contributed by atoms with Crippen LogP contribution in [0.4, 0.5) is 0 Å². The van der Waals surface area contributed by atoms with Crippen LogP contribution >= 0.6 is 35.3 Å². The first-order chi connectivity index (χ1) is 6.75. The van der Waals surface area contributed by atoms with Crippen molar-refractivity contribution in [1.29, 1.82) is 0 Å². The Balaban J connectivity index is 4.26. The van der Waals surface area contributed by atoms with Crippen LogP contribution in [-0.4, -0.2) is 25.6 Å². The molecule has 3 heteroatoms. The molecule has 0 N–H and O–H groups in total. The summed E-state index contributed by atoms with van der Waals surface area (Å²) < 4.78 is 0.372. The quantitative estimate of drug-likeness (QED) is 0.587. The largest absolute Gasteiger partial charge is 0.157 e. The van der Waals surface area contributed by atoms with Gasteiger partial charge in [-0.1, -0.05) is 41.5 Å². The fourth-order valence-electron chi connectivity index (χ4n) is 1.41. The molecule has 0 nitrogen and oxygen atoms in total. The summed E-state index contributed by atoms with van der Waals surface area (Å²) in [4.78, 5) is 0. The van der Waals surface area contributed by atoms with E-state index in [4.69, 9.17) is 0 Å². The van der Waals surface area contributed by atoms with Gasteiger partial charge in [0.25, 0.3) is 0 Å². The molecule has 0 spiro atoms. The number of thioether (sulfide) groups is 3. The molecule has 0 bridgehead atoms. The van der Waals surface area contributed by atoms with Crippen molar-refractivity contribution in [3.05, 3.63) is 0 Å². The summed E-state index contributed by atoms with van der Waals surface area (Å²) >= 11 is 6.31. The summed E-state index contributed by atoms with van der Waals surface area (Å²) in [5.74, 6) is 1.25. The molecule has 0 rings (SSSR count). The molecular formula is C12H26S3. The van der Waals surface area contributed by atoms with Gasteiger partial charge in [-0.3, -0.25) is 0 Å². The Morgan fingerprint density at radius 3 is 1.47 bits per heavy atom. The SMILES string of the molecule is CC(C)SCC(C)(SC(C)C)SC(C)C. The van der Waals surface area contributed by atoms with E-state index in [9.17, 15) is 0 Å². The smallest absolute Gasteiger partial charge is 0.0678 e. The van der Waals surface area contributed by atoms with E-state index in [-0.39, 0.29) is 0 Å². The Bertz CT molecular complexity index is 154. The van der Waals surface area contributed by atoms with Crippen LogP contribution in [0.1, 0.15) is 48.5 Å². The van der Waals surface area contributed by atoms with Crippen LogP contribution in [0.25, 0.3) is 0 Å². The standard InChI is InChI=1S/C12H26S3/c1-9(2)13-8-12(7,14-10(3)4)15-11(5)6/h9-11H,8H2,1-7H3. The van der Waals surface area contributed by atoms with Crippen molar-refractivity contribution in [3.63, 3.8) is 0 Å². The predicted molar refractivity (Wildman–Crippen MR) is 81.5 cm³/mol. The van der Waals surface area contributed by atoms with E-state index < -0.39 is 0 Å². The van der Waals surface area contributed by atoms with Crippen LogP contribution in [0, 0.1) is 0 Å². The van der Waals surface area contributed by atoms with Crippen molar-refractivity contribution < 1.29 is 0 Å². The molecule has 0 unspecified atom stereocenters. The molecule has 0 aliphatic rings. The van der Waals surface area contributed by atoms with E-state index in [1.165, 1.54) is 5.75 Å². The molecule has 0 heterocycles. The van der Waals surface area contributed by atoms with Gasteiger partial charge in [-0.2, -0.15) is 11.8 Å². The molecule has 0 saturated carbocycles. The van der Waals surface area contributed by atoms with Crippen LogP contribution < -0.4 is 0 Å². The Kier molecular flexibility index (Phi) is 7.91. The van der Waals surface area contributed by atoms with E-state index in [0.29, 0.717) is 14.6 Å². The maximum atomic E-state index is 2.40. The first kappa shape index (κ1) is 16.1. The monoisotopic (exact) mass is 266 g/mol. The van der Waals surface area contributed by atoms with Crippen LogP contribution in [0.3, 0.4) is 0 Å². The lowest BCUT2D eigenvalue weighted by molar-refractivity contribution is 0.976. The zero-order valence-corrected chi connectivity index (χ0v) is 13.6. The minimum Gasteiger partial charge on any atom is -0.157 e. The van der Waals surface area contributed by atoms with Crippen LogP contribution in [0.15, 0.2) is 0 Å². The topological polar surface area (TPSA) is 0 Å². The van der Waals surface area contributed by atoms with Crippen molar-refractivity contribution in [2.45, 2.75) is 68.3 Å². The lowest BCUT2D eigenvalue weighted by Crippen LogP contribution is -2.24. The van der Waals surface area contributed by atoms with Crippen molar-refractivity contribution in [3.8, 4) is 0 Å². The average Bonchev–Trinajstić information content (AvgIpc) is 1.97. The number of hydrogen-bond donors (Lipinski definition) is 0. The van der Waals surface area contributed by atoms with Gasteiger partial charge in [0.15, 0.2) is 0 Å². The molecule has 0 aliphatic carbocycles. The zero-order chi connectivity index (χ0) is 12.1. The maximum Gasteiger partial charge on any atom is 0.0678 e.